The monoisotopic (exact) mass is 468 g/mol. The molecule has 3 amide bonds. The first-order chi connectivity index (χ1) is 16.0. The summed E-state index contributed by atoms with van der Waals surface area (Å²) in [4.78, 5) is 27.7. The van der Waals surface area contributed by atoms with Crippen LogP contribution in [0.4, 0.5) is 16.2 Å². The minimum Gasteiger partial charge on any atom is -0.338 e. The Bertz CT molecular complexity index is 926. The van der Waals surface area contributed by atoms with Crippen LogP contribution >= 0.6 is 11.8 Å². The van der Waals surface area contributed by atoms with Crippen LogP contribution in [-0.2, 0) is 4.79 Å². The molecule has 7 heteroatoms. The van der Waals surface area contributed by atoms with Crippen molar-refractivity contribution < 1.29 is 9.59 Å². The maximum atomic E-state index is 12.2. The molecular weight excluding hydrogens is 432 g/mol. The average molecular weight is 469 g/mol. The molecule has 2 aromatic rings. The van der Waals surface area contributed by atoms with Gasteiger partial charge in [0.1, 0.15) is 0 Å². The number of anilines is 2. The number of nitrogens with one attached hydrogen (secondary N) is 3. The van der Waals surface area contributed by atoms with E-state index in [4.69, 9.17) is 0 Å². The normalized spacial score (nSPS) is 14.8. The Kier molecular flexibility index (Phi) is 9.63. The van der Waals surface area contributed by atoms with Crippen molar-refractivity contribution in [3.63, 3.8) is 0 Å². The number of urea groups is 1. The quantitative estimate of drug-likeness (QED) is 0.341. The van der Waals surface area contributed by atoms with Gasteiger partial charge in [-0.3, -0.25) is 4.79 Å². The zero-order chi connectivity index (χ0) is 23.6. The predicted molar refractivity (Wildman–Crippen MR) is 138 cm³/mol. The fraction of sp³-hybridized carbons (Fsp3) is 0.462. The van der Waals surface area contributed by atoms with Crippen LogP contribution in [0, 0.1) is 5.92 Å². The van der Waals surface area contributed by atoms with Crippen molar-refractivity contribution in [1.82, 2.24) is 10.2 Å². The number of carbonyl (C=O) groups is 2. The fourth-order valence-electron chi connectivity index (χ4n) is 4.07. The smallest absolute Gasteiger partial charge is 0.319 e. The minimum absolute atomic E-state index is 0.0244. The summed E-state index contributed by atoms with van der Waals surface area (Å²) in [5.74, 6) is 0.555. The zero-order valence-electron chi connectivity index (χ0n) is 19.9. The number of nitrogens with zero attached hydrogens (tertiary/aromatic N) is 1. The second-order valence-electron chi connectivity index (χ2n) is 8.82. The first-order valence-corrected chi connectivity index (χ1v) is 13.0. The lowest BCUT2D eigenvalue weighted by atomic mass is 9.89. The highest BCUT2D eigenvalue weighted by atomic mass is 32.2. The molecule has 0 bridgehead atoms. The summed E-state index contributed by atoms with van der Waals surface area (Å²) < 4.78 is 0. The highest BCUT2D eigenvalue weighted by Crippen LogP contribution is 2.29. The summed E-state index contributed by atoms with van der Waals surface area (Å²) in [6.07, 6.45) is 5.16. The van der Waals surface area contributed by atoms with Gasteiger partial charge in [0.15, 0.2) is 0 Å². The second-order valence-corrected chi connectivity index (χ2v) is 9.67. The molecular formula is C26H36N4O2S. The average Bonchev–Trinajstić information content (AvgIpc) is 2.82. The number of carbonyl (C=O) groups excluding carboxylic acids is 2. The van der Waals surface area contributed by atoms with Crippen LogP contribution in [0.2, 0.25) is 0 Å². The molecule has 33 heavy (non-hydrogen) atoms. The number of para-hydroxylation sites is 1. The Labute approximate surface area is 201 Å². The summed E-state index contributed by atoms with van der Waals surface area (Å²) in [5, 5.41) is 8.91. The lowest BCUT2D eigenvalue weighted by molar-refractivity contribution is -0.118. The second kappa shape index (κ2) is 12.7. The summed E-state index contributed by atoms with van der Waals surface area (Å²) >= 11 is 1.62. The molecule has 2 aromatic carbocycles. The van der Waals surface area contributed by atoms with Gasteiger partial charge in [-0.05, 0) is 80.9 Å². The van der Waals surface area contributed by atoms with Gasteiger partial charge in [-0.1, -0.05) is 38.1 Å². The molecule has 1 fully saturated rings. The molecule has 1 aliphatic rings. The number of benzene rings is 2. The molecule has 1 saturated heterocycles. The first kappa shape index (κ1) is 25.1. The topological polar surface area (TPSA) is 73.5 Å². The van der Waals surface area contributed by atoms with Crippen LogP contribution in [0.15, 0.2) is 53.4 Å². The SMILES string of the molecule is CSc1ccccc1NC(=O)NCCCN1CCC(c2cccc(NC(=O)C(C)C)c2)CC1. The maximum absolute atomic E-state index is 12.2. The minimum atomic E-state index is -0.153. The van der Waals surface area contributed by atoms with Gasteiger partial charge in [-0.2, -0.15) is 0 Å². The van der Waals surface area contributed by atoms with Crippen molar-refractivity contribution >= 4 is 35.1 Å². The van der Waals surface area contributed by atoms with Crippen molar-refractivity contribution in [3.8, 4) is 0 Å². The summed E-state index contributed by atoms with van der Waals surface area (Å²) in [6, 6.07) is 16.0. The number of amides is 3. The van der Waals surface area contributed by atoms with Crippen LogP contribution in [0.5, 0.6) is 0 Å². The number of likely N-dealkylation sites (tertiary alicyclic amines) is 1. The fourth-order valence-corrected chi connectivity index (χ4v) is 4.62. The molecule has 6 nitrogen and oxygen atoms in total. The zero-order valence-corrected chi connectivity index (χ0v) is 20.7. The number of rotatable bonds is 9. The number of hydrogen-bond donors (Lipinski definition) is 3. The molecule has 0 radical (unpaired) electrons. The molecule has 0 aliphatic carbocycles. The summed E-state index contributed by atoms with van der Waals surface area (Å²) in [6.45, 7) is 7.56. The molecule has 3 rings (SSSR count). The lowest BCUT2D eigenvalue weighted by Gasteiger charge is -2.32. The number of hydrogen-bond acceptors (Lipinski definition) is 4. The summed E-state index contributed by atoms with van der Waals surface area (Å²) in [7, 11) is 0. The van der Waals surface area contributed by atoms with Crippen LogP contribution in [0.1, 0.15) is 44.6 Å². The molecule has 1 aliphatic heterocycles. The predicted octanol–water partition coefficient (Wildman–Crippen LogP) is 5.39. The molecule has 3 N–H and O–H groups in total. The van der Waals surface area contributed by atoms with Crippen molar-refractivity contribution in [2.75, 3.05) is 43.1 Å². The standard InChI is InChI=1S/C26H36N4O2S/c1-19(2)25(31)28-22-9-6-8-21(18-22)20-12-16-30(17-13-20)15-7-14-27-26(32)29-23-10-4-5-11-24(23)33-3/h4-6,8-11,18-20H,7,12-17H2,1-3H3,(H,28,31)(H2,27,29,32). The maximum Gasteiger partial charge on any atom is 0.319 e. The van der Waals surface area contributed by atoms with E-state index in [2.05, 4.69) is 33.0 Å². The van der Waals surface area contributed by atoms with E-state index >= 15 is 0 Å². The highest BCUT2D eigenvalue weighted by Gasteiger charge is 2.21. The molecule has 0 spiro atoms. The molecule has 0 atom stereocenters. The molecule has 0 unspecified atom stereocenters. The van der Waals surface area contributed by atoms with Gasteiger partial charge in [0.25, 0.3) is 0 Å². The molecule has 1 heterocycles. The first-order valence-electron chi connectivity index (χ1n) is 11.8. The Hall–Kier alpha value is -2.51. The van der Waals surface area contributed by atoms with E-state index in [9.17, 15) is 9.59 Å². The third-order valence-electron chi connectivity index (χ3n) is 6.03. The van der Waals surface area contributed by atoms with E-state index in [1.807, 2.05) is 56.5 Å². The van der Waals surface area contributed by atoms with E-state index < -0.39 is 0 Å². The van der Waals surface area contributed by atoms with Gasteiger partial charge in [0.2, 0.25) is 5.91 Å². The van der Waals surface area contributed by atoms with Gasteiger partial charge < -0.3 is 20.9 Å². The molecule has 178 valence electrons. The van der Waals surface area contributed by atoms with Crippen molar-refractivity contribution in [2.24, 2.45) is 5.92 Å². The van der Waals surface area contributed by atoms with Gasteiger partial charge in [-0.15, -0.1) is 11.8 Å². The molecule has 0 saturated carbocycles. The van der Waals surface area contributed by atoms with E-state index in [1.165, 1.54) is 5.56 Å². The Morgan fingerprint density at radius 2 is 1.82 bits per heavy atom. The van der Waals surface area contributed by atoms with Crippen LogP contribution in [0.25, 0.3) is 0 Å². The van der Waals surface area contributed by atoms with Crippen molar-refractivity contribution in [1.29, 1.82) is 0 Å². The third-order valence-corrected chi connectivity index (χ3v) is 6.83. The van der Waals surface area contributed by atoms with Gasteiger partial charge >= 0.3 is 6.03 Å². The summed E-state index contributed by atoms with van der Waals surface area (Å²) in [5.41, 5.74) is 3.04. The number of thioether (sulfide) groups is 1. The van der Waals surface area contributed by atoms with Gasteiger partial charge in [-0.25, -0.2) is 4.79 Å². The molecule has 0 aromatic heterocycles. The Balaban J connectivity index is 1.36. The Morgan fingerprint density at radius 3 is 2.55 bits per heavy atom. The largest absolute Gasteiger partial charge is 0.338 e. The third kappa shape index (κ3) is 7.79. The Morgan fingerprint density at radius 1 is 1.06 bits per heavy atom. The van der Waals surface area contributed by atoms with Crippen molar-refractivity contribution in [3.05, 3.63) is 54.1 Å². The lowest BCUT2D eigenvalue weighted by Crippen LogP contribution is -2.36. The highest BCUT2D eigenvalue weighted by molar-refractivity contribution is 7.98. The van der Waals surface area contributed by atoms with E-state index in [-0.39, 0.29) is 17.9 Å². The van der Waals surface area contributed by atoms with Gasteiger partial charge in [0.05, 0.1) is 5.69 Å². The van der Waals surface area contributed by atoms with E-state index in [1.54, 1.807) is 11.8 Å². The van der Waals surface area contributed by atoms with Gasteiger partial charge in [0, 0.05) is 23.0 Å². The van der Waals surface area contributed by atoms with E-state index in [0.717, 1.165) is 55.2 Å². The van der Waals surface area contributed by atoms with E-state index in [0.29, 0.717) is 12.5 Å². The van der Waals surface area contributed by atoms with Crippen molar-refractivity contribution in [2.45, 2.75) is 43.9 Å². The van der Waals surface area contributed by atoms with Crippen LogP contribution in [-0.4, -0.2) is 49.3 Å². The van der Waals surface area contributed by atoms with Crippen LogP contribution < -0.4 is 16.0 Å². The van der Waals surface area contributed by atoms with Crippen LogP contribution in [0.3, 0.4) is 0 Å². The number of piperidine rings is 1.